The molecule has 0 saturated carbocycles. The van der Waals surface area contributed by atoms with Gasteiger partial charge < -0.3 is 14.8 Å². The molecule has 1 unspecified atom stereocenters. The maximum Gasteiger partial charge on any atom is 0.338 e. The Morgan fingerprint density at radius 1 is 1.03 bits per heavy atom. The van der Waals surface area contributed by atoms with Crippen LogP contribution < -0.4 is 15.0 Å². The van der Waals surface area contributed by atoms with Gasteiger partial charge in [-0.1, -0.05) is 42.1 Å². The topological polar surface area (TPSA) is 109 Å². The van der Waals surface area contributed by atoms with Gasteiger partial charge in [0.25, 0.3) is 5.91 Å². The smallest absolute Gasteiger partial charge is 0.338 e. The van der Waals surface area contributed by atoms with Crippen molar-refractivity contribution in [2.24, 2.45) is 0 Å². The van der Waals surface area contributed by atoms with E-state index in [2.05, 4.69) is 5.32 Å². The van der Waals surface area contributed by atoms with Crippen molar-refractivity contribution < 1.29 is 23.9 Å². The van der Waals surface area contributed by atoms with Crippen molar-refractivity contribution in [2.45, 2.75) is 18.6 Å². The number of ether oxygens (including phenoxy) is 2. The van der Waals surface area contributed by atoms with Gasteiger partial charge in [-0.3, -0.25) is 14.5 Å². The lowest BCUT2D eigenvalue weighted by atomic mass is 10.1. The first-order valence-electron chi connectivity index (χ1n) is 11.9. The Hall–Kier alpha value is -4.55. The second-order valence-electron chi connectivity index (χ2n) is 8.21. The van der Waals surface area contributed by atoms with Crippen LogP contribution in [0.4, 0.5) is 11.4 Å². The first kappa shape index (κ1) is 26.5. The molecule has 3 aromatic rings. The van der Waals surface area contributed by atoms with E-state index in [1.807, 2.05) is 12.1 Å². The predicted molar refractivity (Wildman–Crippen MR) is 146 cm³/mol. The molecule has 9 heteroatoms. The maximum absolute atomic E-state index is 13.6. The molecule has 2 amide bonds. The largest absolute Gasteiger partial charge is 0.497 e. The SMILES string of the molecule is CCOC(=O)c1ccc(CC2S/C(=C(/C#N)C(=O)Nc3ccc(OC)cc3)N(c3ccccc3)C2=O)cc1. The molecule has 8 nitrogen and oxygen atoms in total. The molecule has 1 N–H and O–H groups in total. The molecule has 0 aliphatic carbocycles. The predicted octanol–water partition coefficient (Wildman–Crippen LogP) is 4.94. The number of benzene rings is 3. The van der Waals surface area contributed by atoms with Crippen molar-refractivity contribution >= 4 is 40.9 Å². The van der Waals surface area contributed by atoms with Gasteiger partial charge in [-0.25, -0.2) is 4.79 Å². The number of hydrogen-bond donors (Lipinski definition) is 1. The van der Waals surface area contributed by atoms with Crippen LogP contribution in [0.3, 0.4) is 0 Å². The monoisotopic (exact) mass is 527 g/mol. The van der Waals surface area contributed by atoms with Crippen LogP contribution in [0.15, 0.2) is 89.5 Å². The van der Waals surface area contributed by atoms with Crippen LogP contribution >= 0.6 is 11.8 Å². The third-order valence-corrected chi connectivity index (χ3v) is 7.02. The molecule has 1 aliphatic rings. The highest BCUT2D eigenvalue weighted by Crippen LogP contribution is 2.42. The molecular formula is C29H25N3O5S. The van der Waals surface area contributed by atoms with E-state index in [-0.39, 0.29) is 23.1 Å². The van der Waals surface area contributed by atoms with Crippen LogP contribution in [0.5, 0.6) is 5.75 Å². The van der Waals surface area contributed by atoms with Crippen LogP contribution in [0.25, 0.3) is 0 Å². The average Bonchev–Trinajstić information content (AvgIpc) is 3.25. The van der Waals surface area contributed by atoms with Gasteiger partial charge in [-0.05, 0) is 67.4 Å². The third kappa shape index (κ3) is 5.88. The van der Waals surface area contributed by atoms with E-state index >= 15 is 0 Å². The third-order valence-electron chi connectivity index (χ3n) is 5.75. The van der Waals surface area contributed by atoms with E-state index in [9.17, 15) is 19.6 Å². The van der Waals surface area contributed by atoms with E-state index in [1.54, 1.807) is 86.8 Å². The van der Waals surface area contributed by atoms with Gasteiger partial charge in [0.1, 0.15) is 22.4 Å². The molecular weight excluding hydrogens is 502 g/mol. The summed E-state index contributed by atoms with van der Waals surface area (Å²) in [6.45, 7) is 2.02. The number of carbonyl (C=O) groups excluding carboxylic acids is 3. The number of nitriles is 1. The first-order chi connectivity index (χ1) is 18.4. The van der Waals surface area contributed by atoms with Gasteiger partial charge in [-0.2, -0.15) is 5.26 Å². The lowest BCUT2D eigenvalue weighted by Crippen LogP contribution is -2.30. The Kier molecular flexibility index (Phi) is 8.46. The van der Waals surface area contributed by atoms with E-state index < -0.39 is 17.1 Å². The fraction of sp³-hybridized carbons (Fsp3) is 0.172. The molecule has 0 radical (unpaired) electrons. The quantitative estimate of drug-likeness (QED) is 0.251. The number of rotatable bonds is 8. The summed E-state index contributed by atoms with van der Waals surface area (Å²) < 4.78 is 10.2. The molecule has 0 aromatic heterocycles. The summed E-state index contributed by atoms with van der Waals surface area (Å²) in [7, 11) is 1.55. The molecule has 192 valence electrons. The van der Waals surface area contributed by atoms with Crippen molar-refractivity contribution in [2.75, 3.05) is 23.9 Å². The molecule has 4 rings (SSSR count). The van der Waals surface area contributed by atoms with Gasteiger partial charge in [0.2, 0.25) is 5.91 Å². The summed E-state index contributed by atoms with van der Waals surface area (Å²) in [5.74, 6) is -0.636. The molecule has 0 spiro atoms. The van der Waals surface area contributed by atoms with Crippen molar-refractivity contribution in [1.29, 1.82) is 5.26 Å². The minimum absolute atomic E-state index is 0.164. The molecule has 1 aliphatic heterocycles. The van der Waals surface area contributed by atoms with E-state index in [0.29, 0.717) is 29.1 Å². The van der Waals surface area contributed by atoms with Crippen LogP contribution in [-0.2, 0) is 20.7 Å². The number of methoxy groups -OCH3 is 1. The molecule has 3 aromatic carbocycles. The first-order valence-corrected chi connectivity index (χ1v) is 12.7. The molecule has 1 saturated heterocycles. The maximum atomic E-state index is 13.6. The molecule has 38 heavy (non-hydrogen) atoms. The molecule has 0 bridgehead atoms. The fourth-order valence-electron chi connectivity index (χ4n) is 3.87. The van der Waals surface area contributed by atoms with Gasteiger partial charge in [0, 0.05) is 11.4 Å². The highest BCUT2D eigenvalue weighted by Gasteiger charge is 2.40. The van der Waals surface area contributed by atoms with Crippen LogP contribution in [0, 0.1) is 11.3 Å². The lowest BCUT2D eigenvalue weighted by Gasteiger charge is -2.18. The van der Waals surface area contributed by atoms with Gasteiger partial charge in [0.15, 0.2) is 0 Å². The standard InChI is InChI=1S/C29H25N3O5S/c1-3-37-29(35)20-11-9-19(10-12-20)17-25-27(34)32(22-7-5-4-6-8-22)28(38-25)24(18-30)26(33)31-21-13-15-23(36-2)16-14-21/h4-16,25H,3,17H2,1-2H3,(H,31,33)/b28-24-. The minimum atomic E-state index is -0.617. The zero-order chi connectivity index (χ0) is 27.1. The summed E-state index contributed by atoms with van der Waals surface area (Å²) in [4.78, 5) is 40.2. The zero-order valence-corrected chi connectivity index (χ0v) is 21.7. The Balaban J connectivity index is 1.63. The number of esters is 1. The number of anilines is 2. The molecule has 1 heterocycles. The van der Waals surface area contributed by atoms with Crippen molar-refractivity contribution in [3.05, 3.63) is 101 Å². The number of carbonyl (C=O) groups is 3. The van der Waals surface area contributed by atoms with E-state index in [1.165, 1.54) is 16.7 Å². The van der Waals surface area contributed by atoms with Crippen molar-refractivity contribution in [3.63, 3.8) is 0 Å². The Bertz CT molecular complexity index is 1400. The highest BCUT2D eigenvalue weighted by atomic mass is 32.2. The Morgan fingerprint density at radius 2 is 1.71 bits per heavy atom. The molecule has 1 atom stereocenters. The van der Waals surface area contributed by atoms with Crippen LogP contribution in [-0.4, -0.2) is 36.8 Å². The summed E-state index contributed by atoms with van der Waals surface area (Å²) in [5, 5.41) is 12.4. The zero-order valence-electron chi connectivity index (χ0n) is 20.8. The molecule has 1 fully saturated rings. The highest BCUT2D eigenvalue weighted by molar-refractivity contribution is 8.05. The number of amides is 2. The summed E-state index contributed by atoms with van der Waals surface area (Å²) in [6, 6.07) is 24.5. The van der Waals surface area contributed by atoms with Crippen molar-refractivity contribution in [1.82, 2.24) is 0 Å². The minimum Gasteiger partial charge on any atom is -0.497 e. The Morgan fingerprint density at radius 3 is 2.32 bits per heavy atom. The summed E-state index contributed by atoms with van der Waals surface area (Å²) in [5.41, 5.74) is 2.14. The number of para-hydroxylation sites is 1. The summed E-state index contributed by atoms with van der Waals surface area (Å²) in [6.07, 6.45) is 0.345. The van der Waals surface area contributed by atoms with Crippen molar-refractivity contribution in [3.8, 4) is 11.8 Å². The van der Waals surface area contributed by atoms with Gasteiger partial charge in [0.05, 0.1) is 24.5 Å². The number of nitrogens with zero attached hydrogens (tertiary/aromatic N) is 2. The van der Waals surface area contributed by atoms with E-state index in [0.717, 1.165) is 5.56 Å². The average molecular weight is 528 g/mol. The van der Waals surface area contributed by atoms with E-state index in [4.69, 9.17) is 9.47 Å². The van der Waals surface area contributed by atoms with Gasteiger partial charge in [-0.15, -0.1) is 0 Å². The normalized spacial score (nSPS) is 16.0. The second kappa shape index (κ2) is 12.1. The van der Waals surface area contributed by atoms with Crippen LogP contribution in [0.1, 0.15) is 22.8 Å². The second-order valence-corrected chi connectivity index (χ2v) is 9.40. The van der Waals surface area contributed by atoms with Crippen LogP contribution in [0.2, 0.25) is 0 Å². The number of nitrogens with one attached hydrogen (secondary N) is 1. The lowest BCUT2D eigenvalue weighted by molar-refractivity contribution is -0.117. The number of thioether (sulfide) groups is 1. The summed E-state index contributed by atoms with van der Waals surface area (Å²) >= 11 is 1.17. The fourth-order valence-corrected chi connectivity index (χ4v) is 5.18. The number of hydrogen-bond acceptors (Lipinski definition) is 7. The van der Waals surface area contributed by atoms with Gasteiger partial charge >= 0.3 is 5.97 Å². The Labute approximate surface area is 224 Å².